The molecule has 4 heteroatoms. The minimum absolute atomic E-state index is 0.795. The molecule has 1 unspecified atom stereocenters. The fourth-order valence-corrected chi connectivity index (χ4v) is 5.09. The second-order valence-electron chi connectivity index (χ2n) is 5.04. The van der Waals surface area contributed by atoms with Crippen molar-refractivity contribution >= 4 is 29.2 Å². The van der Waals surface area contributed by atoms with Crippen LogP contribution in [0.5, 0.6) is 0 Å². The maximum atomic E-state index is 3.60. The zero-order valence-corrected chi connectivity index (χ0v) is 14.2. The van der Waals surface area contributed by atoms with E-state index < -0.39 is 0 Å². The van der Waals surface area contributed by atoms with Gasteiger partial charge in [-0.3, -0.25) is 0 Å². The van der Waals surface area contributed by atoms with Crippen molar-refractivity contribution in [1.29, 1.82) is 0 Å². The minimum atomic E-state index is 0.795. The zero-order valence-electron chi connectivity index (χ0n) is 12.6. The quantitative estimate of drug-likeness (QED) is 0.829. The molecule has 1 aromatic rings. The Kier molecular flexibility index (Phi) is 7.11. The molecule has 2 nitrogen and oxygen atoms in total. The topological polar surface area (TPSA) is 15.3 Å². The summed E-state index contributed by atoms with van der Waals surface area (Å²) in [5, 5.41) is 4.40. The molecule has 1 heterocycles. The van der Waals surface area contributed by atoms with Gasteiger partial charge in [0.05, 0.1) is 0 Å². The SMILES string of the molecule is CCN(CC)c1ccc(CNCC2CSCCS2)cc1. The minimum Gasteiger partial charge on any atom is -0.372 e. The number of anilines is 1. The van der Waals surface area contributed by atoms with Crippen LogP contribution in [0.3, 0.4) is 0 Å². The highest BCUT2D eigenvalue weighted by atomic mass is 32.2. The van der Waals surface area contributed by atoms with Crippen LogP contribution in [0.2, 0.25) is 0 Å². The third kappa shape index (κ3) is 4.90. The fourth-order valence-electron chi connectivity index (χ4n) is 2.45. The second-order valence-corrected chi connectivity index (χ2v) is 7.60. The van der Waals surface area contributed by atoms with Crippen LogP contribution in [-0.2, 0) is 6.54 Å². The number of hydrogen-bond donors (Lipinski definition) is 1. The zero-order chi connectivity index (χ0) is 14.2. The Labute approximate surface area is 132 Å². The van der Waals surface area contributed by atoms with Crippen LogP contribution in [0.15, 0.2) is 24.3 Å². The molecule has 1 atom stereocenters. The Morgan fingerprint density at radius 2 is 1.90 bits per heavy atom. The van der Waals surface area contributed by atoms with Gasteiger partial charge in [0.2, 0.25) is 0 Å². The van der Waals surface area contributed by atoms with Crippen molar-refractivity contribution in [1.82, 2.24) is 5.32 Å². The summed E-state index contributed by atoms with van der Waals surface area (Å²) >= 11 is 4.21. The Bertz CT molecular complexity index is 371. The number of benzene rings is 1. The molecule has 1 aliphatic rings. The molecule has 0 amide bonds. The van der Waals surface area contributed by atoms with Crippen LogP contribution in [0, 0.1) is 0 Å². The van der Waals surface area contributed by atoms with Crippen molar-refractivity contribution in [3.8, 4) is 0 Å². The average molecular weight is 311 g/mol. The van der Waals surface area contributed by atoms with Gasteiger partial charge in [-0.15, -0.1) is 0 Å². The van der Waals surface area contributed by atoms with Crippen LogP contribution in [0.1, 0.15) is 19.4 Å². The molecule has 20 heavy (non-hydrogen) atoms. The molecular formula is C16H26N2S2. The summed E-state index contributed by atoms with van der Waals surface area (Å²) < 4.78 is 0. The Morgan fingerprint density at radius 3 is 2.50 bits per heavy atom. The summed E-state index contributed by atoms with van der Waals surface area (Å²) in [7, 11) is 0. The monoisotopic (exact) mass is 310 g/mol. The van der Waals surface area contributed by atoms with E-state index in [0.717, 1.165) is 31.4 Å². The van der Waals surface area contributed by atoms with E-state index in [1.54, 1.807) is 0 Å². The molecule has 1 aromatic carbocycles. The van der Waals surface area contributed by atoms with E-state index >= 15 is 0 Å². The summed E-state index contributed by atoms with van der Waals surface area (Å²) in [5.41, 5.74) is 2.72. The first-order valence-corrected chi connectivity index (χ1v) is 9.77. The summed E-state index contributed by atoms with van der Waals surface area (Å²) in [4.78, 5) is 2.38. The number of rotatable bonds is 7. The van der Waals surface area contributed by atoms with Gasteiger partial charge >= 0.3 is 0 Å². The first kappa shape index (κ1) is 16.1. The smallest absolute Gasteiger partial charge is 0.0366 e. The normalized spacial score (nSPS) is 19.0. The molecule has 0 aromatic heterocycles. The Balaban J connectivity index is 1.75. The van der Waals surface area contributed by atoms with Crippen molar-refractivity contribution < 1.29 is 0 Å². The summed E-state index contributed by atoms with van der Waals surface area (Å²) in [6.45, 7) is 8.68. The highest BCUT2D eigenvalue weighted by Gasteiger charge is 2.13. The van der Waals surface area contributed by atoms with E-state index in [9.17, 15) is 0 Å². The first-order valence-electron chi connectivity index (χ1n) is 7.57. The van der Waals surface area contributed by atoms with Crippen LogP contribution < -0.4 is 10.2 Å². The molecule has 2 rings (SSSR count). The lowest BCUT2D eigenvalue weighted by Gasteiger charge is -2.22. The third-order valence-corrected chi connectivity index (χ3v) is 6.50. The summed E-state index contributed by atoms with van der Waals surface area (Å²) in [6, 6.07) is 9.00. The van der Waals surface area contributed by atoms with Gasteiger partial charge in [-0.1, -0.05) is 12.1 Å². The molecule has 0 aliphatic carbocycles. The average Bonchev–Trinajstić information content (AvgIpc) is 2.51. The third-order valence-electron chi connectivity index (χ3n) is 3.65. The van der Waals surface area contributed by atoms with E-state index in [2.05, 4.69) is 71.9 Å². The molecule has 1 aliphatic heterocycles. The van der Waals surface area contributed by atoms with Crippen molar-refractivity contribution in [2.75, 3.05) is 41.8 Å². The molecule has 1 fully saturated rings. The van der Waals surface area contributed by atoms with Crippen molar-refractivity contribution in [2.24, 2.45) is 0 Å². The van der Waals surface area contributed by atoms with Gasteiger partial charge in [-0.2, -0.15) is 23.5 Å². The van der Waals surface area contributed by atoms with E-state index in [4.69, 9.17) is 0 Å². The maximum Gasteiger partial charge on any atom is 0.0366 e. The summed E-state index contributed by atoms with van der Waals surface area (Å²) in [5.74, 6) is 3.95. The van der Waals surface area contributed by atoms with Crippen LogP contribution in [0.4, 0.5) is 5.69 Å². The van der Waals surface area contributed by atoms with Crippen LogP contribution in [-0.4, -0.2) is 42.1 Å². The molecular weight excluding hydrogens is 284 g/mol. The first-order chi connectivity index (χ1) is 9.83. The molecule has 0 spiro atoms. The lowest BCUT2D eigenvalue weighted by molar-refractivity contribution is 0.686. The number of hydrogen-bond acceptors (Lipinski definition) is 4. The van der Waals surface area contributed by atoms with E-state index in [-0.39, 0.29) is 0 Å². The predicted octanol–water partition coefficient (Wildman–Crippen LogP) is 3.47. The molecule has 1 N–H and O–H groups in total. The van der Waals surface area contributed by atoms with Crippen LogP contribution >= 0.6 is 23.5 Å². The van der Waals surface area contributed by atoms with Crippen molar-refractivity contribution in [3.05, 3.63) is 29.8 Å². The van der Waals surface area contributed by atoms with E-state index in [0.29, 0.717) is 0 Å². The van der Waals surface area contributed by atoms with Gasteiger partial charge in [-0.05, 0) is 31.5 Å². The van der Waals surface area contributed by atoms with Gasteiger partial charge in [0, 0.05) is 54.4 Å². The summed E-state index contributed by atoms with van der Waals surface area (Å²) in [6.07, 6.45) is 0. The van der Waals surface area contributed by atoms with Crippen LogP contribution in [0.25, 0.3) is 0 Å². The van der Waals surface area contributed by atoms with Gasteiger partial charge in [0.15, 0.2) is 0 Å². The van der Waals surface area contributed by atoms with Gasteiger partial charge < -0.3 is 10.2 Å². The molecule has 0 radical (unpaired) electrons. The van der Waals surface area contributed by atoms with Crippen molar-refractivity contribution in [2.45, 2.75) is 25.6 Å². The Morgan fingerprint density at radius 1 is 1.15 bits per heavy atom. The highest BCUT2D eigenvalue weighted by molar-refractivity contribution is 8.06. The largest absolute Gasteiger partial charge is 0.372 e. The molecule has 0 bridgehead atoms. The number of nitrogens with one attached hydrogen (secondary N) is 1. The lowest BCUT2D eigenvalue weighted by Crippen LogP contribution is -2.28. The van der Waals surface area contributed by atoms with Gasteiger partial charge in [-0.25, -0.2) is 0 Å². The standard InChI is InChI=1S/C16H26N2S2/c1-3-18(4-2)15-7-5-14(6-8-15)11-17-12-16-13-19-9-10-20-16/h5-8,16-17H,3-4,9-13H2,1-2H3. The van der Waals surface area contributed by atoms with Crippen molar-refractivity contribution in [3.63, 3.8) is 0 Å². The number of thioether (sulfide) groups is 2. The fraction of sp³-hybridized carbons (Fsp3) is 0.625. The van der Waals surface area contributed by atoms with Gasteiger partial charge in [0.25, 0.3) is 0 Å². The predicted molar refractivity (Wildman–Crippen MR) is 95.3 cm³/mol. The van der Waals surface area contributed by atoms with Gasteiger partial charge in [0.1, 0.15) is 0 Å². The maximum absolute atomic E-state index is 3.60. The van der Waals surface area contributed by atoms with E-state index in [1.165, 1.54) is 28.5 Å². The second kappa shape index (κ2) is 8.85. The number of nitrogens with zero attached hydrogens (tertiary/aromatic N) is 1. The molecule has 0 saturated carbocycles. The molecule has 112 valence electrons. The van der Waals surface area contributed by atoms with E-state index in [1.807, 2.05) is 0 Å². The lowest BCUT2D eigenvalue weighted by atomic mass is 10.2. The molecule has 1 saturated heterocycles. The highest BCUT2D eigenvalue weighted by Crippen LogP contribution is 2.23. The Hall–Kier alpha value is -0.320.